The fraction of sp³-hybridized carbons (Fsp3) is 0.833. The van der Waals surface area contributed by atoms with E-state index in [1.54, 1.807) is 4.68 Å². The monoisotopic (exact) mass is 220 g/mol. The van der Waals surface area contributed by atoms with Crippen molar-refractivity contribution in [3.05, 3.63) is 11.9 Å². The zero-order valence-electron chi connectivity index (χ0n) is 9.84. The van der Waals surface area contributed by atoms with Crippen molar-refractivity contribution in [2.45, 2.75) is 38.1 Å². The van der Waals surface area contributed by atoms with Crippen LogP contribution in [-0.2, 0) is 13.5 Å². The molecule has 0 aliphatic heterocycles. The molecule has 1 aromatic heterocycles. The van der Waals surface area contributed by atoms with Gasteiger partial charge in [0.15, 0.2) is 0 Å². The molecule has 0 saturated heterocycles. The van der Waals surface area contributed by atoms with Crippen molar-refractivity contribution in [2.75, 3.05) is 0 Å². The second kappa shape index (κ2) is 3.84. The van der Waals surface area contributed by atoms with Crippen molar-refractivity contribution in [2.24, 2.45) is 30.5 Å². The van der Waals surface area contributed by atoms with E-state index in [9.17, 15) is 0 Å². The lowest BCUT2D eigenvalue weighted by Crippen LogP contribution is -2.27. The molecule has 0 amide bonds. The number of hydrogen-bond donors (Lipinski definition) is 1. The van der Waals surface area contributed by atoms with E-state index in [1.165, 1.54) is 25.7 Å². The Kier molecular flexibility index (Phi) is 2.46. The molecule has 1 heterocycles. The van der Waals surface area contributed by atoms with Crippen molar-refractivity contribution < 1.29 is 0 Å². The summed E-state index contributed by atoms with van der Waals surface area (Å²) in [5.41, 5.74) is 7.34. The molecule has 88 valence electrons. The third-order valence-corrected chi connectivity index (χ3v) is 4.31. The Balaban J connectivity index is 1.60. The van der Waals surface area contributed by atoms with E-state index in [4.69, 9.17) is 5.73 Å². The first-order valence-electron chi connectivity index (χ1n) is 6.36. The minimum absolute atomic E-state index is 0.296. The maximum atomic E-state index is 6.30. The first-order chi connectivity index (χ1) is 7.75. The lowest BCUT2D eigenvalue weighted by Gasteiger charge is -2.08. The summed E-state index contributed by atoms with van der Waals surface area (Å²) in [6.07, 6.45) is 8.51. The highest BCUT2D eigenvalue weighted by Gasteiger charge is 2.52. The van der Waals surface area contributed by atoms with Crippen molar-refractivity contribution in [1.29, 1.82) is 0 Å². The summed E-state index contributed by atoms with van der Waals surface area (Å²) >= 11 is 0. The third-order valence-electron chi connectivity index (χ3n) is 4.31. The standard InChI is InChI=1S/C12H20N4/c1-16-7-8(14-15-16)6-11(13)12-9-4-2-3-5-10(9)12/h7,9-12H,2-6,13H2,1H3. The van der Waals surface area contributed by atoms with Gasteiger partial charge in [-0.3, -0.25) is 4.68 Å². The van der Waals surface area contributed by atoms with E-state index >= 15 is 0 Å². The fourth-order valence-corrected chi connectivity index (χ4v) is 3.55. The Morgan fingerprint density at radius 1 is 1.44 bits per heavy atom. The van der Waals surface area contributed by atoms with Gasteiger partial charge in [0.1, 0.15) is 0 Å². The molecule has 2 aliphatic carbocycles. The van der Waals surface area contributed by atoms with Gasteiger partial charge in [0, 0.05) is 25.7 Å². The number of fused-ring (bicyclic) bond motifs is 1. The molecule has 0 radical (unpaired) electrons. The number of aryl methyl sites for hydroxylation is 1. The molecule has 4 nitrogen and oxygen atoms in total. The average Bonchev–Trinajstić information content (AvgIpc) is 2.88. The fourth-order valence-electron chi connectivity index (χ4n) is 3.55. The molecule has 3 atom stereocenters. The number of rotatable bonds is 3. The Labute approximate surface area is 96.2 Å². The van der Waals surface area contributed by atoms with Gasteiger partial charge in [0.25, 0.3) is 0 Å². The van der Waals surface area contributed by atoms with Crippen LogP contribution >= 0.6 is 0 Å². The second-order valence-electron chi connectivity index (χ2n) is 5.44. The van der Waals surface area contributed by atoms with Gasteiger partial charge in [0.05, 0.1) is 5.69 Å². The Bertz CT molecular complexity index is 361. The number of nitrogens with zero attached hydrogens (tertiary/aromatic N) is 3. The molecular weight excluding hydrogens is 200 g/mol. The molecule has 2 N–H and O–H groups in total. The summed E-state index contributed by atoms with van der Waals surface area (Å²) in [6, 6.07) is 0.296. The van der Waals surface area contributed by atoms with Gasteiger partial charge in [0.2, 0.25) is 0 Å². The number of hydrogen-bond acceptors (Lipinski definition) is 3. The number of nitrogens with two attached hydrogens (primary N) is 1. The summed E-state index contributed by atoms with van der Waals surface area (Å²) in [5, 5.41) is 8.07. The van der Waals surface area contributed by atoms with Gasteiger partial charge in [-0.25, -0.2) is 0 Å². The van der Waals surface area contributed by atoms with Crippen LogP contribution in [0.4, 0.5) is 0 Å². The van der Waals surface area contributed by atoms with E-state index in [0.717, 1.165) is 29.9 Å². The summed E-state index contributed by atoms with van der Waals surface area (Å²) in [7, 11) is 1.90. The molecule has 0 bridgehead atoms. The lowest BCUT2D eigenvalue weighted by atomic mass is 10.0. The first-order valence-corrected chi connectivity index (χ1v) is 6.36. The van der Waals surface area contributed by atoms with Crippen LogP contribution in [0.1, 0.15) is 31.4 Å². The van der Waals surface area contributed by atoms with Crippen molar-refractivity contribution in [3.8, 4) is 0 Å². The van der Waals surface area contributed by atoms with Crippen LogP contribution in [0.3, 0.4) is 0 Å². The highest BCUT2D eigenvalue weighted by molar-refractivity contribution is 5.07. The molecule has 1 aromatic rings. The van der Waals surface area contributed by atoms with Crippen LogP contribution in [0.25, 0.3) is 0 Å². The predicted molar refractivity (Wildman–Crippen MR) is 61.6 cm³/mol. The first kappa shape index (κ1) is 10.3. The summed E-state index contributed by atoms with van der Waals surface area (Å²) in [5.74, 6) is 2.63. The highest BCUT2D eigenvalue weighted by atomic mass is 15.4. The average molecular weight is 220 g/mol. The molecule has 3 rings (SSSR count). The lowest BCUT2D eigenvalue weighted by molar-refractivity contribution is 0.480. The molecule has 0 aromatic carbocycles. The van der Waals surface area contributed by atoms with Crippen molar-refractivity contribution in [1.82, 2.24) is 15.0 Å². The Hall–Kier alpha value is -0.900. The Morgan fingerprint density at radius 3 is 2.69 bits per heavy atom. The molecule has 4 heteroatoms. The van der Waals surface area contributed by atoms with Gasteiger partial charge in [-0.05, 0) is 30.6 Å². The predicted octanol–water partition coefficient (Wildman–Crippen LogP) is 1.12. The quantitative estimate of drug-likeness (QED) is 0.830. The van der Waals surface area contributed by atoms with E-state index in [2.05, 4.69) is 10.3 Å². The van der Waals surface area contributed by atoms with Crippen LogP contribution < -0.4 is 5.73 Å². The minimum Gasteiger partial charge on any atom is -0.327 e. The molecule has 0 spiro atoms. The van der Waals surface area contributed by atoms with Crippen LogP contribution in [0.15, 0.2) is 6.20 Å². The normalized spacial score (nSPS) is 34.5. The molecular formula is C12H20N4. The second-order valence-corrected chi connectivity index (χ2v) is 5.44. The zero-order chi connectivity index (χ0) is 11.1. The summed E-state index contributed by atoms with van der Waals surface area (Å²) < 4.78 is 1.75. The molecule has 2 aliphatic rings. The van der Waals surface area contributed by atoms with Gasteiger partial charge >= 0.3 is 0 Å². The maximum Gasteiger partial charge on any atom is 0.0842 e. The summed E-state index contributed by atoms with van der Waals surface area (Å²) in [6.45, 7) is 0. The van der Waals surface area contributed by atoms with Gasteiger partial charge in [-0.1, -0.05) is 18.1 Å². The minimum atomic E-state index is 0.296. The summed E-state index contributed by atoms with van der Waals surface area (Å²) in [4.78, 5) is 0. The third kappa shape index (κ3) is 1.75. The molecule has 16 heavy (non-hydrogen) atoms. The van der Waals surface area contributed by atoms with Crippen LogP contribution in [0.5, 0.6) is 0 Å². The molecule has 3 unspecified atom stereocenters. The van der Waals surface area contributed by atoms with Crippen LogP contribution in [0, 0.1) is 17.8 Å². The largest absolute Gasteiger partial charge is 0.327 e. The van der Waals surface area contributed by atoms with Gasteiger partial charge in [-0.2, -0.15) is 0 Å². The Morgan fingerprint density at radius 2 is 2.12 bits per heavy atom. The van der Waals surface area contributed by atoms with Crippen LogP contribution in [-0.4, -0.2) is 21.0 Å². The molecule has 2 saturated carbocycles. The smallest absolute Gasteiger partial charge is 0.0842 e. The maximum absolute atomic E-state index is 6.30. The van der Waals surface area contributed by atoms with E-state index in [1.807, 2.05) is 13.2 Å². The van der Waals surface area contributed by atoms with E-state index in [-0.39, 0.29) is 0 Å². The highest BCUT2D eigenvalue weighted by Crippen LogP contribution is 2.56. The van der Waals surface area contributed by atoms with Crippen molar-refractivity contribution in [3.63, 3.8) is 0 Å². The van der Waals surface area contributed by atoms with Gasteiger partial charge < -0.3 is 5.73 Å². The van der Waals surface area contributed by atoms with Crippen molar-refractivity contribution >= 4 is 0 Å². The zero-order valence-corrected chi connectivity index (χ0v) is 9.84. The van der Waals surface area contributed by atoms with E-state index in [0.29, 0.717) is 6.04 Å². The number of aromatic nitrogens is 3. The SMILES string of the molecule is Cn1cc(CC(N)C2C3CCCCC32)nn1. The topological polar surface area (TPSA) is 56.7 Å². The molecule has 2 fully saturated rings. The van der Waals surface area contributed by atoms with E-state index < -0.39 is 0 Å². The van der Waals surface area contributed by atoms with Crippen LogP contribution in [0.2, 0.25) is 0 Å². The van der Waals surface area contributed by atoms with Gasteiger partial charge in [-0.15, -0.1) is 5.10 Å².